The van der Waals surface area contributed by atoms with Crippen LogP contribution in [0.4, 0.5) is 0 Å². The van der Waals surface area contributed by atoms with Crippen molar-refractivity contribution < 1.29 is 0 Å². The molecule has 4 heteroatoms. The summed E-state index contributed by atoms with van der Waals surface area (Å²) >= 11 is 0. The first-order chi connectivity index (χ1) is 9.73. The standard InChI is InChI=1S/C17H32N4/c1-6-16(3,4)8-7-15(19)14(2)20-17(13-18)9-11-21(5)12-10-17/h15,20H,2,6-12,19H2,1,3-5H3/t15-/m0/s1. The Morgan fingerprint density at radius 2 is 2.05 bits per heavy atom. The molecule has 0 amide bonds. The minimum atomic E-state index is -0.485. The summed E-state index contributed by atoms with van der Waals surface area (Å²) < 4.78 is 0. The van der Waals surface area contributed by atoms with Crippen LogP contribution in [-0.2, 0) is 0 Å². The van der Waals surface area contributed by atoms with Crippen LogP contribution in [-0.4, -0.2) is 36.6 Å². The zero-order chi connectivity index (χ0) is 16.1. The average molecular weight is 292 g/mol. The molecule has 1 fully saturated rings. The van der Waals surface area contributed by atoms with Gasteiger partial charge in [0.15, 0.2) is 0 Å². The van der Waals surface area contributed by atoms with Crippen molar-refractivity contribution in [2.24, 2.45) is 11.1 Å². The van der Waals surface area contributed by atoms with Crippen LogP contribution in [0.2, 0.25) is 0 Å². The van der Waals surface area contributed by atoms with Gasteiger partial charge in [-0.15, -0.1) is 0 Å². The van der Waals surface area contributed by atoms with Gasteiger partial charge < -0.3 is 16.0 Å². The second-order valence-electron chi connectivity index (χ2n) is 7.31. The second-order valence-corrected chi connectivity index (χ2v) is 7.31. The molecular weight excluding hydrogens is 260 g/mol. The van der Waals surface area contributed by atoms with Gasteiger partial charge in [0.1, 0.15) is 5.54 Å². The lowest BCUT2D eigenvalue weighted by atomic mass is 9.83. The van der Waals surface area contributed by atoms with Crippen molar-refractivity contribution in [3.63, 3.8) is 0 Å². The average Bonchev–Trinajstić information content (AvgIpc) is 2.47. The van der Waals surface area contributed by atoms with Gasteiger partial charge in [-0.3, -0.25) is 0 Å². The minimum absolute atomic E-state index is 0.0827. The van der Waals surface area contributed by atoms with E-state index in [0.717, 1.165) is 50.9 Å². The van der Waals surface area contributed by atoms with E-state index >= 15 is 0 Å². The third-order valence-corrected chi connectivity index (χ3v) is 4.99. The van der Waals surface area contributed by atoms with Gasteiger partial charge in [-0.2, -0.15) is 5.26 Å². The van der Waals surface area contributed by atoms with E-state index in [1.807, 2.05) is 0 Å². The van der Waals surface area contributed by atoms with Gasteiger partial charge in [-0.1, -0.05) is 33.8 Å². The van der Waals surface area contributed by atoms with Crippen LogP contribution in [0.5, 0.6) is 0 Å². The van der Waals surface area contributed by atoms with Crippen molar-refractivity contribution in [3.8, 4) is 6.07 Å². The smallest absolute Gasteiger partial charge is 0.127 e. The number of hydrogen-bond donors (Lipinski definition) is 2. The van der Waals surface area contributed by atoms with Crippen LogP contribution in [0.15, 0.2) is 12.3 Å². The fourth-order valence-electron chi connectivity index (χ4n) is 2.56. The SMILES string of the molecule is C=C(NC1(C#N)CCN(C)CC1)[C@@H](N)CCC(C)(C)CC. The van der Waals surface area contributed by atoms with Crippen LogP contribution in [0, 0.1) is 16.7 Å². The van der Waals surface area contributed by atoms with Gasteiger partial charge >= 0.3 is 0 Å². The molecule has 0 aromatic rings. The first-order valence-electron chi connectivity index (χ1n) is 8.06. The molecule has 120 valence electrons. The Bertz CT molecular complexity index is 386. The molecule has 0 aromatic carbocycles. The summed E-state index contributed by atoms with van der Waals surface area (Å²) in [7, 11) is 2.09. The number of rotatable bonds is 7. The van der Waals surface area contributed by atoms with Crippen LogP contribution in [0.25, 0.3) is 0 Å². The maximum Gasteiger partial charge on any atom is 0.127 e. The van der Waals surface area contributed by atoms with Crippen molar-refractivity contribution in [3.05, 3.63) is 12.3 Å². The van der Waals surface area contributed by atoms with Gasteiger partial charge in [0.05, 0.1) is 6.07 Å². The molecule has 1 aliphatic rings. The Hall–Kier alpha value is -1.05. The molecule has 1 atom stereocenters. The number of nitrogens with one attached hydrogen (secondary N) is 1. The summed E-state index contributed by atoms with van der Waals surface area (Å²) in [6.45, 7) is 12.7. The third-order valence-electron chi connectivity index (χ3n) is 4.99. The van der Waals surface area contributed by atoms with Gasteiger partial charge in [0.2, 0.25) is 0 Å². The zero-order valence-electron chi connectivity index (χ0n) is 14.2. The van der Waals surface area contributed by atoms with E-state index in [9.17, 15) is 5.26 Å². The number of nitriles is 1. The van der Waals surface area contributed by atoms with E-state index in [4.69, 9.17) is 5.73 Å². The normalized spacial score (nSPS) is 20.6. The molecule has 4 nitrogen and oxygen atoms in total. The van der Waals surface area contributed by atoms with Crippen molar-refractivity contribution in [1.82, 2.24) is 10.2 Å². The molecule has 0 saturated carbocycles. The summed E-state index contributed by atoms with van der Waals surface area (Å²) in [6.07, 6.45) is 4.79. The molecule has 0 radical (unpaired) electrons. The van der Waals surface area contributed by atoms with E-state index in [1.54, 1.807) is 0 Å². The minimum Gasteiger partial charge on any atom is -0.370 e. The fraction of sp³-hybridized carbons (Fsp3) is 0.824. The second kappa shape index (κ2) is 7.29. The summed E-state index contributed by atoms with van der Waals surface area (Å²) in [5.41, 5.74) is 6.90. The lowest BCUT2D eigenvalue weighted by Gasteiger charge is -2.38. The Morgan fingerprint density at radius 3 is 2.52 bits per heavy atom. The van der Waals surface area contributed by atoms with Crippen LogP contribution < -0.4 is 11.1 Å². The highest BCUT2D eigenvalue weighted by Gasteiger charge is 2.34. The van der Waals surface area contributed by atoms with Crippen molar-refractivity contribution >= 4 is 0 Å². The Morgan fingerprint density at radius 1 is 1.48 bits per heavy atom. The lowest BCUT2D eigenvalue weighted by Crippen LogP contribution is -2.53. The van der Waals surface area contributed by atoms with Crippen molar-refractivity contribution in [1.29, 1.82) is 5.26 Å². The zero-order valence-corrected chi connectivity index (χ0v) is 14.2. The predicted molar refractivity (Wildman–Crippen MR) is 88.6 cm³/mol. The Balaban J connectivity index is 2.53. The van der Waals surface area contributed by atoms with E-state index in [1.165, 1.54) is 0 Å². The lowest BCUT2D eigenvalue weighted by molar-refractivity contribution is 0.201. The number of piperidine rings is 1. The Kier molecular flexibility index (Phi) is 6.24. The van der Waals surface area contributed by atoms with Gasteiger partial charge in [0.25, 0.3) is 0 Å². The van der Waals surface area contributed by atoms with E-state index < -0.39 is 5.54 Å². The predicted octanol–water partition coefficient (Wildman–Crippen LogP) is 2.62. The first-order valence-corrected chi connectivity index (χ1v) is 8.06. The molecule has 0 aliphatic carbocycles. The van der Waals surface area contributed by atoms with Crippen LogP contribution in [0.3, 0.4) is 0 Å². The van der Waals surface area contributed by atoms with Crippen molar-refractivity contribution in [2.75, 3.05) is 20.1 Å². The molecule has 0 aromatic heterocycles. The maximum atomic E-state index is 9.54. The molecule has 0 spiro atoms. The van der Waals surface area contributed by atoms with Gasteiger partial charge in [-0.05, 0) is 38.1 Å². The van der Waals surface area contributed by atoms with Gasteiger partial charge in [0, 0.05) is 24.8 Å². The number of nitrogens with two attached hydrogens (primary N) is 1. The fourth-order valence-corrected chi connectivity index (χ4v) is 2.56. The quantitative estimate of drug-likeness (QED) is 0.757. The summed E-state index contributed by atoms with van der Waals surface area (Å²) in [6, 6.07) is 2.37. The molecule has 1 rings (SSSR count). The molecule has 3 N–H and O–H groups in total. The number of likely N-dealkylation sites (tertiary alicyclic amines) is 1. The number of hydrogen-bond acceptors (Lipinski definition) is 4. The molecule has 1 saturated heterocycles. The molecule has 1 heterocycles. The summed E-state index contributed by atoms with van der Waals surface area (Å²) in [5.74, 6) is 0. The van der Waals surface area contributed by atoms with Crippen LogP contribution in [0.1, 0.15) is 52.9 Å². The topological polar surface area (TPSA) is 65.1 Å². The van der Waals surface area contributed by atoms with Gasteiger partial charge in [-0.25, -0.2) is 0 Å². The van der Waals surface area contributed by atoms with E-state index in [0.29, 0.717) is 5.41 Å². The summed E-state index contributed by atoms with van der Waals surface area (Å²) in [4.78, 5) is 2.25. The first kappa shape index (κ1) is 18.0. The highest BCUT2D eigenvalue weighted by atomic mass is 15.1. The molecule has 0 unspecified atom stereocenters. The highest BCUT2D eigenvalue weighted by Crippen LogP contribution is 2.28. The Labute approximate surface area is 130 Å². The van der Waals surface area contributed by atoms with Crippen LogP contribution >= 0.6 is 0 Å². The largest absolute Gasteiger partial charge is 0.370 e. The highest BCUT2D eigenvalue weighted by molar-refractivity contribution is 5.17. The molecular formula is C17H32N4. The monoisotopic (exact) mass is 292 g/mol. The maximum absolute atomic E-state index is 9.54. The number of nitrogens with zero attached hydrogens (tertiary/aromatic N) is 2. The molecule has 1 aliphatic heterocycles. The van der Waals surface area contributed by atoms with Crippen molar-refractivity contribution in [2.45, 2.75) is 64.5 Å². The molecule has 0 bridgehead atoms. The molecule has 21 heavy (non-hydrogen) atoms. The van der Waals surface area contributed by atoms with E-state index in [2.05, 4.69) is 50.7 Å². The summed E-state index contributed by atoms with van der Waals surface area (Å²) in [5, 5.41) is 12.9. The van der Waals surface area contributed by atoms with E-state index in [-0.39, 0.29) is 6.04 Å². The third kappa shape index (κ3) is 5.33.